The quantitative estimate of drug-likeness (QED) is 0.737. The maximum atomic E-state index is 11.3. The molecule has 90 valence electrons. The van der Waals surface area contributed by atoms with Crippen molar-refractivity contribution < 1.29 is 14.1 Å². The van der Waals surface area contributed by atoms with Crippen molar-refractivity contribution in [3.05, 3.63) is 23.1 Å². The first-order valence-corrected chi connectivity index (χ1v) is 5.10. The molecule has 2 aromatic heterocycles. The van der Waals surface area contributed by atoms with Crippen molar-refractivity contribution in [3.8, 4) is 11.3 Å². The highest BCUT2D eigenvalue weighted by Gasteiger charge is 2.19. The summed E-state index contributed by atoms with van der Waals surface area (Å²) in [6.07, 6.45) is 0. The predicted molar refractivity (Wildman–Crippen MR) is 59.5 cm³/mol. The first kappa shape index (κ1) is 11.4. The Bertz CT molecular complexity index is 569. The molecule has 2 rings (SSSR count). The zero-order chi connectivity index (χ0) is 12.6. The minimum absolute atomic E-state index is 0.158. The van der Waals surface area contributed by atoms with E-state index in [0.29, 0.717) is 5.76 Å². The molecule has 0 radical (unpaired) electrons. The van der Waals surface area contributed by atoms with Gasteiger partial charge >= 0.3 is 5.97 Å². The summed E-state index contributed by atoms with van der Waals surface area (Å²) in [5, 5.41) is 7.94. The molecular weight excluding hydrogens is 222 g/mol. The lowest BCUT2D eigenvalue weighted by Crippen LogP contribution is -2.00. The molecule has 0 fully saturated rings. The molecule has 6 nitrogen and oxygen atoms in total. The van der Waals surface area contributed by atoms with Gasteiger partial charge in [-0.15, -0.1) is 0 Å². The molecule has 0 aliphatic heterocycles. The summed E-state index contributed by atoms with van der Waals surface area (Å²) in [6, 6.07) is 1.56. The fourth-order valence-corrected chi connectivity index (χ4v) is 1.72. The minimum Gasteiger partial charge on any atom is -0.464 e. The van der Waals surface area contributed by atoms with Crippen LogP contribution >= 0.6 is 0 Å². The van der Waals surface area contributed by atoms with Gasteiger partial charge < -0.3 is 9.26 Å². The Kier molecular flexibility index (Phi) is 2.71. The van der Waals surface area contributed by atoms with Crippen molar-refractivity contribution >= 4 is 5.97 Å². The number of aromatic nitrogens is 3. The lowest BCUT2D eigenvalue weighted by molar-refractivity contribution is 0.0589. The third-order valence-electron chi connectivity index (χ3n) is 2.66. The lowest BCUT2D eigenvalue weighted by atomic mass is 10.1. The van der Waals surface area contributed by atoms with E-state index in [4.69, 9.17) is 4.52 Å². The summed E-state index contributed by atoms with van der Waals surface area (Å²) in [7, 11) is 3.15. The highest BCUT2D eigenvalue weighted by molar-refractivity contribution is 5.88. The molecule has 0 amide bonds. The first-order chi connectivity index (χ1) is 8.04. The van der Waals surface area contributed by atoms with Gasteiger partial charge in [-0.1, -0.05) is 5.16 Å². The molecule has 0 aliphatic rings. The third-order valence-corrected chi connectivity index (χ3v) is 2.66. The molecule has 0 aliphatic carbocycles. The second-order valence-electron chi connectivity index (χ2n) is 3.74. The fourth-order valence-electron chi connectivity index (χ4n) is 1.72. The number of carbonyl (C=O) groups is 1. The predicted octanol–water partition coefficient (Wildman–Crippen LogP) is 1.48. The second-order valence-corrected chi connectivity index (χ2v) is 3.74. The van der Waals surface area contributed by atoms with Gasteiger partial charge in [0.1, 0.15) is 0 Å². The van der Waals surface area contributed by atoms with Gasteiger partial charge in [-0.25, -0.2) is 4.79 Å². The van der Waals surface area contributed by atoms with Crippen molar-refractivity contribution in [1.82, 2.24) is 14.9 Å². The van der Waals surface area contributed by atoms with Gasteiger partial charge in [-0.3, -0.25) is 4.68 Å². The van der Waals surface area contributed by atoms with Crippen molar-refractivity contribution in [1.29, 1.82) is 0 Å². The Morgan fingerprint density at radius 1 is 1.47 bits per heavy atom. The number of hydrogen-bond donors (Lipinski definition) is 0. The molecule has 0 N–H and O–H groups in total. The van der Waals surface area contributed by atoms with Crippen LogP contribution in [0.15, 0.2) is 10.6 Å². The highest BCUT2D eigenvalue weighted by Crippen LogP contribution is 2.27. The fraction of sp³-hybridized carbons (Fsp3) is 0.364. The molecule has 0 atom stereocenters. The summed E-state index contributed by atoms with van der Waals surface area (Å²) < 4.78 is 11.5. The van der Waals surface area contributed by atoms with E-state index in [1.165, 1.54) is 7.11 Å². The largest absolute Gasteiger partial charge is 0.464 e. The van der Waals surface area contributed by atoms with Gasteiger partial charge in [-0.05, 0) is 13.8 Å². The van der Waals surface area contributed by atoms with Crippen molar-refractivity contribution in [2.75, 3.05) is 7.11 Å². The van der Waals surface area contributed by atoms with Gasteiger partial charge in [0.15, 0.2) is 11.5 Å². The zero-order valence-electron chi connectivity index (χ0n) is 10.1. The van der Waals surface area contributed by atoms with Crippen molar-refractivity contribution in [3.63, 3.8) is 0 Å². The van der Waals surface area contributed by atoms with Crippen LogP contribution in [0.2, 0.25) is 0 Å². The monoisotopic (exact) mass is 235 g/mol. The van der Waals surface area contributed by atoms with Crippen LogP contribution in [0.5, 0.6) is 0 Å². The van der Waals surface area contributed by atoms with Crippen molar-refractivity contribution in [2.24, 2.45) is 7.05 Å². The summed E-state index contributed by atoms with van der Waals surface area (Å²) in [6.45, 7) is 3.80. The third kappa shape index (κ3) is 1.82. The molecular formula is C11H13N3O3. The number of aryl methyl sites for hydroxylation is 2. The van der Waals surface area contributed by atoms with E-state index >= 15 is 0 Å². The number of esters is 1. The van der Waals surface area contributed by atoms with E-state index in [1.807, 2.05) is 20.9 Å². The van der Waals surface area contributed by atoms with E-state index < -0.39 is 5.97 Å². The molecule has 0 saturated carbocycles. The molecule has 6 heteroatoms. The molecule has 0 saturated heterocycles. The Labute approximate surface area is 98.2 Å². The van der Waals surface area contributed by atoms with Crippen molar-refractivity contribution in [2.45, 2.75) is 13.8 Å². The van der Waals surface area contributed by atoms with Gasteiger partial charge in [0, 0.05) is 18.8 Å². The molecule has 17 heavy (non-hydrogen) atoms. The number of ether oxygens (including phenoxy) is 1. The normalized spacial score (nSPS) is 10.6. The SMILES string of the molecule is COC(=O)c1cc(-c2c(C)nn(C)c2C)on1. The summed E-state index contributed by atoms with van der Waals surface area (Å²) >= 11 is 0. The number of rotatable bonds is 2. The van der Waals surface area contributed by atoms with E-state index in [1.54, 1.807) is 10.7 Å². The van der Waals surface area contributed by atoms with Crippen LogP contribution in [0.3, 0.4) is 0 Å². The second kappa shape index (κ2) is 4.04. The highest BCUT2D eigenvalue weighted by atomic mass is 16.5. The van der Waals surface area contributed by atoms with Crippen LogP contribution < -0.4 is 0 Å². The summed E-state index contributed by atoms with van der Waals surface area (Å²) in [4.78, 5) is 11.3. The molecule has 0 bridgehead atoms. The Morgan fingerprint density at radius 2 is 2.18 bits per heavy atom. The maximum absolute atomic E-state index is 11.3. The van der Waals surface area contributed by atoms with Crippen LogP contribution in [0.4, 0.5) is 0 Å². The molecule has 0 spiro atoms. The average molecular weight is 235 g/mol. The first-order valence-electron chi connectivity index (χ1n) is 5.10. The van der Waals surface area contributed by atoms with Gasteiger partial charge in [0.05, 0.1) is 18.4 Å². The standard InChI is InChI=1S/C11H13N3O3/c1-6-10(7(2)14(3)12-6)9-5-8(13-17-9)11(15)16-4/h5H,1-4H3. The molecule has 0 unspecified atom stereocenters. The Hall–Kier alpha value is -2.11. The number of hydrogen-bond acceptors (Lipinski definition) is 5. The van der Waals surface area contributed by atoms with Gasteiger partial charge in [-0.2, -0.15) is 5.10 Å². The van der Waals surface area contributed by atoms with E-state index in [0.717, 1.165) is 17.0 Å². The van der Waals surface area contributed by atoms with Crippen LogP contribution in [0.25, 0.3) is 11.3 Å². The molecule has 2 aromatic rings. The van der Waals surface area contributed by atoms with Crippen LogP contribution in [0, 0.1) is 13.8 Å². The summed E-state index contributed by atoms with van der Waals surface area (Å²) in [5.41, 5.74) is 2.80. The van der Waals surface area contributed by atoms with E-state index in [9.17, 15) is 4.79 Å². The lowest BCUT2D eigenvalue weighted by Gasteiger charge is -1.95. The maximum Gasteiger partial charge on any atom is 0.360 e. The number of nitrogens with zero attached hydrogens (tertiary/aromatic N) is 3. The van der Waals surface area contributed by atoms with Crippen LogP contribution in [-0.4, -0.2) is 28.0 Å². The number of carbonyl (C=O) groups excluding carboxylic acids is 1. The Morgan fingerprint density at radius 3 is 2.71 bits per heavy atom. The number of methoxy groups -OCH3 is 1. The van der Waals surface area contributed by atoms with Gasteiger partial charge in [0.25, 0.3) is 0 Å². The average Bonchev–Trinajstić information content (AvgIpc) is 2.85. The van der Waals surface area contributed by atoms with Crippen LogP contribution in [0.1, 0.15) is 21.9 Å². The zero-order valence-corrected chi connectivity index (χ0v) is 10.1. The molecule has 0 aromatic carbocycles. The van der Waals surface area contributed by atoms with Crippen LogP contribution in [-0.2, 0) is 11.8 Å². The summed E-state index contributed by atoms with van der Waals surface area (Å²) in [5.74, 6) is 0.00713. The topological polar surface area (TPSA) is 70.2 Å². The molecule has 2 heterocycles. The van der Waals surface area contributed by atoms with E-state index in [2.05, 4.69) is 15.0 Å². The minimum atomic E-state index is -0.515. The van der Waals surface area contributed by atoms with E-state index in [-0.39, 0.29) is 5.69 Å². The van der Waals surface area contributed by atoms with Gasteiger partial charge in [0.2, 0.25) is 0 Å². The Balaban J connectivity index is 2.47. The smallest absolute Gasteiger partial charge is 0.360 e.